The number of hydrogen-bond acceptors (Lipinski definition) is 4. The zero-order chi connectivity index (χ0) is 17.4. The molecule has 0 fully saturated rings. The summed E-state index contributed by atoms with van der Waals surface area (Å²) in [5.74, 6) is -0.597. The van der Waals surface area contributed by atoms with E-state index in [-0.39, 0.29) is 30.2 Å². The molecule has 6 nitrogen and oxygen atoms in total. The van der Waals surface area contributed by atoms with Gasteiger partial charge in [-0.25, -0.2) is 0 Å². The van der Waals surface area contributed by atoms with Crippen molar-refractivity contribution in [2.75, 3.05) is 13.1 Å². The Morgan fingerprint density at radius 2 is 1.96 bits per heavy atom. The molecule has 0 unspecified atom stereocenters. The molecule has 2 rings (SSSR count). The smallest absolute Gasteiger partial charge is 0.255 e. The van der Waals surface area contributed by atoms with E-state index < -0.39 is 5.91 Å². The van der Waals surface area contributed by atoms with Crippen LogP contribution in [0.2, 0.25) is 0 Å². The van der Waals surface area contributed by atoms with Crippen molar-refractivity contribution in [3.63, 3.8) is 0 Å². The topological polar surface area (TPSA) is 91.3 Å². The number of aryl methyl sites for hydroxylation is 1. The van der Waals surface area contributed by atoms with Gasteiger partial charge in [-0.15, -0.1) is 0 Å². The van der Waals surface area contributed by atoms with E-state index in [9.17, 15) is 14.7 Å². The highest BCUT2D eigenvalue weighted by atomic mass is 16.3. The Hall–Kier alpha value is -2.89. The largest absolute Gasteiger partial charge is 0.507 e. The Morgan fingerprint density at radius 1 is 1.12 bits per heavy atom. The zero-order valence-electron chi connectivity index (χ0n) is 13.6. The lowest BCUT2D eigenvalue weighted by molar-refractivity contribution is -0.120. The number of pyridine rings is 1. The van der Waals surface area contributed by atoms with Gasteiger partial charge >= 0.3 is 0 Å². The van der Waals surface area contributed by atoms with Crippen LogP contribution in [0.5, 0.6) is 5.75 Å². The van der Waals surface area contributed by atoms with Crippen LogP contribution in [0.4, 0.5) is 0 Å². The molecule has 2 amide bonds. The minimum absolute atomic E-state index is 0.0627. The Balaban J connectivity index is 1.67. The molecule has 2 aromatic rings. The second-order valence-electron chi connectivity index (χ2n) is 5.45. The number of aromatic nitrogens is 1. The Labute approximate surface area is 140 Å². The summed E-state index contributed by atoms with van der Waals surface area (Å²) in [7, 11) is 0. The van der Waals surface area contributed by atoms with E-state index in [1.165, 1.54) is 6.07 Å². The molecule has 0 aliphatic rings. The summed E-state index contributed by atoms with van der Waals surface area (Å²) < 4.78 is 0. The normalized spacial score (nSPS) is 10.2. The van der Waals surface area contributed by atoms with Gasteiger partial charge in [-0.3, -0.25) is 14.6 Å². The van der Waals surface area contributed by atoms with Crippen molar-refractivity contribution in [1.29, 1.82) is 0 Å². The van der Waals surface area contributed by atoms with E-state index in [4.69, 9.17) is 0 Å². The van der Waals surface area contributed by atoms with Gasteiger partial charge in [-0.05, 0) is 36.8 Å². The van der Waals surface area contributed by atoms with Crippen molar-refractivity contribution in [2.45, 2.75) is 19.8 Å². The number of phenolic OH excluding ortho intramolecular Hbond substituents is 1. The zero-order valence-corrected chi connectivity index (χ0v) is 13.6. The first-order chi connectivity index (χ1) is 11.6. The maximum absolute atomic E-state index is 11.9. The average Bonchev–Trinajstić information content (AvgIpc) is 2.55. The average molecular weight is 327 g/mol. The molecule has 0 saturated carbocycles. The van der Waals surface area contributed by atoms with Gasteiger partial charge in [0.25, 0.3) is 5.91 Å². The monoisotopic (exact) mass is 327 g/mol. The third-order valence-corrected chi connectivity index (χ3v) is 3.46. The lowest BCUT2D eigenvalue weighted by atomic mass is 10.1. The fourth-order valence-corrected chi connectivity index (χ4v) is 2.18. The number of nitrogens with one attached hydrogen (secondary N) is 2. The van der Waals surface area contributed by atoms with Gasteiger partial charge in [-0.2, -0.15) is 0 Å². The Bertz CT molecular complexity index is 702. The molecule has 1 aromatic carbocycles. The SMILES string of the molecule is Cc1ccc(C(=O)NCCC(=O)NCCc2ccccn2)c(O)c1. The molecule has 1 aromatic heterocycles. The molecule has 0 aliphatic heterocycles. The quantitative estimate of drug-likeness (QED) is 0.720. The molecule has 0 spiro atoms. The number of aromatic hydroxyl groups is 1. The summed E-state index contributed by atoms with van der Waals surface area (Å²) in [5, 5.41) is 15.2. The number of hydrogen-bond donors (Lipinski definition) is 3. The molecule has 6 heteroatoms. The molecular weight excluding hydrogens is 306 g/mol. The number of nitrogens with zero attached hydrogens (tertiary/aromatic N) is 1. The van der Waals surface area contributed by atoms with Crippen LogP contribution in [-0.2, 0) is 11.2 Å². The highest BCUT2D eigenvalue weighted by Gasteiger charge is 2.11. The van der Waals surface area contributed by atoms with Gasteiger partial charge in [0.2, 0.25) is 5.91 Å². The Kier molecular flexibility index (Phi) is 6.31. The highest BCUT2D eigenvalue weighted by Crippen LogP contribution is 2.17. The number of benzene rings is 1. The predicted molar refractivity (Wildman–Crippen MR) is 90.7 cm³/mol. The number of carbonyl (C=O) groups excluding carboxylic acids is 2. The summed E-state index contributed by atoms with van der Waals surface area (Å²) in [5.41, 5.74) is 1.99. The lowest BCUT2D eigenvalue weighted by Crippen LogP contribution is -2.31. The fourth-order valence-electron chi connectivity index (χ4n) is 2.18. The minimum atomic E-state index is -0.395. The fraction of sp³-hybridized carbons (Fsp3) is 0.278. The van der Waals surface area contributed by atoms with Gasteiger partial charge in [0.05, 0.1) is 5.56 Å². The van der Waals surface area contributed by atoms with E-state index in [1.54, 1.807) is 18.3 Å². The van der Waals surface area contributed by atoms with Crippen LogP contribution < -0.4 is 10.6 Å². The minimum Gasteiger partial charge on any atom is -0.507 e. The third-order valence-electron chi connectivity index (χ3n) is 3.46. The maximum atomic E-state index is 11.9. The molecule has 0 radical (unpaired) electrons. The molecular formula is C18H21N3O3. The van der Waals surface area contributed by atoms with Crippen molar-refractivity contribution in [2.24, 2.45) is 0 Å². The van der Waals surface area contributed by atoms with Crippen LogP contribution >= 0.6 is 0 Å². The number of amides is 2. The molecule has 0 saturated heterocycles. The van der Waals surface area contributed by atoms with Crippen LogP contribution in [0.25, 0.3) is 0 Å². The van der Waals surface area contributed by atoms with Crippen molar-refractivity contribution >= 4 is 11.8 Å². The summed E-state index contributed by atoms with van der Waals surface area (Å²) >= 11 is 0. The molecule has 3 N–H and O–H groups in total. The van der Waals surface area contributed by atoms with Gasteiger partial charge in [0, 0.05) is 37.8 Å². The van der Waals surface area contributed by atoms with Crippen LogP contribution in [0, 0.1) is 6.92 Å². The first kappa shape index (κ1) is 17.5. The van der Waals surface area contributed by atoms with Gasteiger partial charge in [0.1, 0.15) is 5.75 Å². The summed E-state index contributed by atoms with van der Waals surface area (Å²) in [4.78, 5) is 27.9. The van der Waals surface area contributed by atoms with Crippen molar-refractivity contribution < 1.29 is 14.7 Å². The first-order valence-electron chi connectivity index (χ1n) is 7.80. The van der Waals surface area contributed by atoms with E-state index in [0.29, 0.717) is 13.0 Å². The van der Waals surface area contributed by atoms with E-state index in [0.717, 1.165) is 11.3 Å². The van der Waals surface area contributed by atoms with Crippen LogP contribution in [0.15, 0.2) is 42.6 Å². The molecule has 0 atom stereocenters. The maximum Gasteiger partial charge on any atom is 0.255 e. The van der Waals surface area contributed by atoms with E-state index >= 15 is 0 Å². The molecule has 126 valence electrons. The second-order valence-corrected chi connectivity index (χ2v) is 5.45. The number of rotatable bonds is 7. The van der Waals surface area contributed by atoms with Gasteiger partial charge < -0.3 is 15.7 Å². The van der Waals surface area contributed by atoms with Crippen LogP contribution in [0.1, 0.15) is 28.0 Å². The van der Waals surface area contributed by atoms with E-state index in [1.807, 2.05) is 25.1 Å². The van der Waals surface area contributed by atoms with Gasteiger partial charge in [-0.1, -0.05) is 12.1 Å². The van der Waals surface area contributed by atoms with Crippen molar-refractivity contribution in [3.8, 4) is 5.75 Å². The second kappa shape index (κ2) is 8.67. The third kappa shape index (κ3) is 5.39. The van der Waals surface area contributed by atoms with Crippen molar-refractivity contribution in [1.82, 2.24) is 15.6 Å². The molecule has 0 bridgehead atoms. The summed E-state index contributed by atoms with van der Waals surface area (Å²) in [6, 6.07) is 10.5. The van der Waals surface area contributed by atoms with Crippen LogP contribution in [-0.4, -0.2) is 35.0 Å². The van der Waals surface area contributed by atoms with Crippen LogP contribution in [0.3, 0.4) is 0 Å². The van der Waals surface area contributed by atoms with E-state index in [2.05, 4.69) is 15.6 Å². The predicted octanol–water partition coefficient (Wildman–Crippen LogP) is 1.57. The summed E-state index contributed by atoms with van der Waals surface area (Å²) in [6.45, 7) is 2.54. The number of phenols is 1. The number of carbonyl (C=O) groups is 2. The first-order valence-corrected chi connectivity index (χ1v) is 7.80. The molecule has 0 aliphatic carbocycles. The standard InChI is InChI=1S/C18H21N3O3/c1-13-5-6-15(16(22)12-13)18(24)21-11-8-17(23)20-10-7-14-4-2-3-9-19-14/h2-6,9,12,22H,7-8,10-11H2,1H3,(H,20,23)(H,21,24). The van der Waals surface area contributed by atoms with Gasteiger partial charge in [0.15, 0.2) is 0 Å². The molecule has 24 heavy (non-hydrogen) atoms. The van der Waals surface area contributed by atoms with Crippen molar-refractivity contribution in [3.05, 3.63) is 59.4 Å². The Morgan fingerprint density at radius 3 is 2.67 bits per heavy atom. The highest BCUT2D eigenvalue weighted by molar-refractivity contribution is 5.97. The summed E-state index contributed by atoms with van der Waals surface area (Å²) in [6.07, 6.45) is 2.56. The molecule has 1 heterocycles. The lowest BCUT2D eigenvalue weighted by Gasteiger charge is -2.08.